The molecule has 6 unspecified atom stereocenters. The second-order valence-corrected chi connectivity index (χ2v) is 12.0. The van der Waals surface area contributed by atoms with Crippen molar-refractivity contribution in [2.24, 2.45) is 23.7 Å². The van der Waals surface area contributed by atoms with Crippen molar-refractivity contribution in [3.8, 4) is 0 Å². The molecule has 0 amide bonds. The van der Waals surface area contributed by atoms with Crippen molar-refractivity contribution in [2.75, 3.05) is 20.8 Å². The molecule has 0 spiro atoms. The van der Waals surface area contributed by atoms with Crippen LogP contribution in [0.4, 0.5) is 0 Å². The first-order chi connectivity index (χ1) is 18.8. The smallest absolute Gasteiger partial charge is 0.253 e. The van der Waals surface area contributed by atoms with Crippen LogP contribution < -0.4 is 0 Å². The number of aromatic nitrogens is 2. The number of hydrogen-bond acceptors (Lipinski definition) is 6. The van der Waals surface area contributed by atoms with Crippen molar-refractivity contribution < 1.29 is 19.1 Å². The third-order valence-corrected chi connectivity index (χ3v) is 8.83. The fraction of sp³-hybridized carbons (Fsp3) is 0.636. The van der Waals surface area contributed by atoms with Crippen LogP contribution in [-0.4, -0.2) is 42.4 Å². The van der Waals surface area contributed by atoms with Gasteiger partial charge in [0.05, 0.1) is 6.61 Å². The Bertz CT molecular complexity index is 1120. The highest BCUT2D eigenvalue weighted by atomic mass is 16.6. The molecule has 3 aliphatic rings. The van der Waals surface area contributed by atoms with Crippen LogP contribution in [0, 0.1) is 23.7 Å². The van der Waals surface area contributed by atoms with Crippen LogP contribution in [0.25, 0.3) is 5.57 Å². The van der Waals surface area contributed by atoms with E-state index < -0.39 is 6.29 Å². The fourth-order valence-corrected chi connectivity index (χ4v) is 6.45. The largest absolute Gasteiger partial charge is 0.384 e. The average Bonchev–Trinajstić information content (AvgIpc) is 3.41. The second-order valence-electron chi connectivity index (χ2n) is 12.0. The van der Waals surface area contributed by atoms with E-state index >= 15 is 0 Å². The van der Waals surface area contributed by atoms with E-state index in [1.54, 1.807) is 14.2 Å². The van der Waals surface area contributed by atoms with E-state index in [0.29, 0.717) is 36.7 Å². The molecule has 39 heavy (non-hydrogen) atoms. The maximum absolute atomic E-state index is 9.59. The first-order valence-corrected chi connectivity index (χ1v) is 14.8. The van der Waals surface area contributed by atoms with Gasteiger partial charge in [-0.05, 0) is 86.3 Å². The number of aliphatic hydroxyl groups is 1. The van der Waals surface area contributed by atoms with Gasteiger partial charge in [0.25, 0.3) is 5.89 Å². The molecule has 1 aromatic heterocycles. The number of ether oxygens (including phenoxy) is 2. The van der Waals surface area contributed by atoms with E-state index in [1.165, 1.54) is 22.3 Å². The van der Waals surface area contributed by atoms with Crippen LogP contribution in [0.5, 0.6) is 0 Å². The van der Waals surface area contributed by atoms with Gasteiger partial charge in [-0.25, -0.2) is 0 Å². The minimum atomic E-state index is -0.643. The predicted octanol–water partition coefficient (Wildman–Crippen LogP) is 7.56. The maximum Gasteiger partial charge on any atom is 0.253 e. The van der Waals surface area contributed by atoms with Crippen LogP contribution in [0.2, 0.25) is 0 Å². The highest BCUT2D eigenvalue weighted by Gasteiger charge is 2.32. The lowest BCUT2D eigenvalue weighted by Gasteiger charge is -2.30. The molecule has 0 aliphatic heterocycles. The topological polar surface area (TPSA) is 77.6 Å². The molecule has 6 nitrogen and oxygen atoms in total. The lowest BCUT2D eigenvalue weighted by atomic mass is 9.75. The van der Waals surface area contributed by atoms with E-state index in [1.807, 2.05) is 0 Å². The van der Waals surface area contributed by atoms with Gasteiger partial charge >= 0.3 is 0 Å². The highest BCUT2D eigenvalue weighted by Crippen LogP contribution is 2.42. The van der Waals surface area contributed by atoms with E-state index in [-0.39, 0.29) is 11.8 Å². The summed E-state index contributed by atoms with van der Waals surface area (Å²) in [6, 6.07) is 0. The number of hydrogen-bond donors (Lipinski definition) is 1. The van der Waals surface area contributed by atoms with Crippen molar-refractivity contribution in [3.63, 3.8) is 0 Å². The Kier molecular flexibility index (Phi) is 10.6. The van der Waals surface area contributed by atoms with Gasteiger partial charge in [0.2, 0.25) is 0 Å². The zero-order valence-corrected chi connectivity index (χ0v) is 24.8. The van der Waals surface area contributed by atoms with E-state index in [0.717, 1.165) is 56.3 Å². The van der Waals surface area contributed by atoms with Gasteiger partial charge in [0.15, 0.2) is 12.1 Å². The number of aliphatic hydroxyl groups excluding tert-OH is 1. The molecule has 3 aliphatic carbocycles. The molecule has 0 radical (unpaired) electrons. The molecule has 6 heteroatoms. The van der Waals surface area contributed by atoms with Crippen molar-refractivity contribution in [1.82, 2.24) is 10.1 Å². The highest BCUT2D eigenvalue weighted by molar-refractivity contribution is 5.65. The molecule has 1 N–H and O–H groups in total. The normalized spacial score (nSPS) is 28.3. The average molecular weight is 537 g/mol. The molecular formula is C33H48N2O4. The van der Waals surface area contributed by atoms with Crippen LogP contribution >= 0.6 is 0 Å². The summed E-state index contributed by atoms with van der Waals surface area (Å²) >= 11 is 0. The molecule has 6 atom stereocenters. The molecule has 4 rings (SSSR count). The second kappa shape index (κ2) is 13.9. The zero-order valence-electron chi connectivity index (χ0n) is 24.8. The number of rotatable bonds is 12. The van der Waals surface area contributed by atoms with Gasteiger partial charge in [-0.1, -0.05) is 68.3 Å². The molecule has 0 saturated heterocycles. The van der Waals surface area contributed by atoms with E-state index in [9.17, 15) is 5.11 Å². The third-order valence-electron chi connectivity index (χ3n) is 8.83. The number of methoxy groups -OCH3 is 2. The van der Waals surface area contributed by atoms with Crippen LogP contribution in [-0.2, 0) is 9.47 Å². The Morgan fingerprint density at radius 2 is 1.92 bits per heavy atom. The number of allylic oxidation sites excluding steroid dienone is 9. The van der Waals surface area contributed by atoms with Crippen LogP contribution in [0.1, 0.15) is 96.7 Å². The summed E-state index contributed by atoms with van der Waals surface area (Å²) in [6.45, 7) is 9.80. The Balaban J connectivity index is 1.48. The molecule has 1 heterocycles. The Morgan fingerprint density at radius 3 is 2.69 bits per heavy atom. The summed E-state index contributed by atoms with van der Waals surface area (Å²) in [5.41, 5.74) is 6.78. The first kappa shape index (κ1) is 29.7. The Labute approximate surface area is 234 Å². The van der Waals surface area contributed by atoms with Crippen molar-refractivity contribution in [2.45, 2.75) is 91.3 Å². The summed E-state index contributed by atoms with van der Waals surface area (Å²) in [5.74, 6) is 3.49. The number of nitrogens with zero attached hydrogens (tertiary/aromatic N) is 2. The molecule has 1 aromatic rings. The van der Waals surface area contributed by atoms with Gasteiger partial charge in [0.1, 0.15) is 0 Å². The lowest BCUT2D eigenvalue weighted by molar-refractivity contribution is -0.0793. The van der Waals surface area contributed by atoms with Gasteiger partial charge in [-0.2, -0.15) is 4.98 Å². The lowest BCUT2D eigenvalue weighted by Crippen LogP contribution is -2.20. The standard InChI is InChI=1S/C33H48N2O4/c1-21-12-13-22(2)29(16-21)28-15-14-26(18-27(28)20-37-5)33-34-32(35-39-33)30-19-25(23(3)17-24(30)4)10-8-7-9-11-31(36)38-6/h12-15,19,21,23-24,27,30-31,36H,7-11,16-18,20H2,1-6H3. The van der Waals surface area contributed by atoms with Crippen molar-refractivity contribution in [1.29, 1.82) is 0 Å². The quantitative estimate of drug-likeness (QED) is 0.169. The predicted molar refractivity (Wildman–Crippen MR) is 156 cm³/mol. The van der Waals surface area contributed by atoms with Crippen molar-refractivity contribution in [3.05, 3.63) is 64.4 Å². The summed E-state index contributed by atoms with van der Waals surface area (Å²) in [5, 5.41) is 14.1. The minimum absolute atomic E-state index is 0.178. The Hall–Kier alpha value is -2.28. The summed E-state index contributed by atoms with van der Waals surface area (Å²) in [4.78, 5) is 4.94. The number of unbranched alkanes of at least 4 members (excludes halogenated alkanes) is 2. The fourth-order valence-electron chi connectivity index (χ4n) is 6.45. The van der Waals surface area contributed by atoms with Crippen molar-refractivity contribution >= 4 is 5.57 Å². The zero-order chi connectivity index (χ0) is 27.9. The summed E-state index contributed by atoms with van der Waals surface area (Å²) in [7, 11) is 3.33. The SMILES string of the molecule is COCC1CC(c2nc(C3C=C(CCCCCC(O)OC)C(C)CC3C)no2)=CC=C1C1=C(C)C=CC(C)C1. The minimum Gasteiger partial charge on any atom is -0.384 e. The molecule has 0 saturated carbocycles. The summed E-state index contributed by atoms with van der Waals surface area (Å²) < 4.78 is 16.5. The van der Waals surface area contributed by atoms with Gasteiger partial charge in [-0.15, -0.1) is 0 Å². The molecule has 0 bridgehead atoms. The van der Waals surface area contributed by atoms with Crippen LogP contribution in [0.3, 0.4) is 0 Å². The van der Waals surface area contributed by atoms with Gasteiger partial charge < -0.3 is 19.1 Å². The monoisotopic (exact) mass is 536 g/mol. The maximum atomic E-state index is 9.59. The van der Waals surface area contributed by atoms with Crippen LogP contribution in [0.15, 0.2) is 57.2 Å². The Morgan fingerprint density at radius 1 is 1.10 bits per heavy atom. The molecule has 214 valence electrons. The summed E-state index contributed by atoms with van der Waals surface area (Å²) in [6.07, 6.45) is 18.8. The van der Waals surface area contributed by atoms with E-state index in [4.69, 9.17) is 19.0 Å². The first-order valence-electron chi connectivity index (χ1n) is 14.8. The molecule has 0 aromatic carbocycles. The molecule has 0 fully saturated rings. The van der Waals surface area contributed by atoms with E-state index in [2.05, 4.69) is 63.2 Å². The third kappa shape index (κ3) is 7.47. The molecular weight excluding hydrogens is 488 g/mol. The van der Waals surface area contributed by atoms with Gasteiger partial charge in [-0.3, -0.25) is 0 Å². The van der Waals surface area contributed by atoms with Gasteiger partial charge in [0, 0.05) is 31.6 Å².